The molecule has 1 heterocycles. The fraction of sp³-hybridized carbons (Fsp3) is 0.364. The van der Waals surface area contributed by atoms with Gasteiger partial charge in [-0.2, -0.15) is 0 Å². The number of ether oxygens (including phenoxy) is 4. The molecule has 92 valence electrons. The third-order valence-electron chi connectivity index (χ3n) is 2.50. The van der Waals surface area contributed by atoms with Crippen molar-refractivity contribution in [3.05, 3.63) is 10.6 Å². The molecular weight excluding hydrogens is 248 g/mol. The molecule has 2 rings (SSSR count). The van der Waals surface area contributed by atoms with Gasteiger partial charge in [-0.3, -0.25) is 4.79 Å². The third-order valence-corrected chi connectivity index (χ3v) is 2.85. The van der Waals surface area contributed by atoms with E-state index < -0.39 is 0 Å². The van der Waals surface area contributed by atoms with Crippen molar-refractivity contribution in [2.24, 2.45) is 0 Å². The second-order valence-corrected chi connectivity index (χ2v) is 3.71. The summed E-state index contributed by atoms with van der Waals surface area (Å²) in [6, 6.07) is 0. The lowest BCUT2D eigenvalue weighted by Gasteiger charge is -2.16. The molecule has 0 saturated heterocycles. The molecule has 0 aliphatic carbocycles. The maximum atomic E-state index is 11.7. The summed E-state index contributed by atoms with van der Waals surface area (Å²) in [4.78, 5) is 11.7. The Labute approximate surface area is 103 Å². The lowest BCUT2D eigenvalue weighted by molar-refractivity contribution is 0.0959. The number of methoxy groups -OCH3 is 3. The van der Waals surface area contributed by atoms with Crippen molar-refractivity contribution >= 4 is 17.4 Å². The zero-order chi connectivity index (χ0) is 12.6. The van der Waals surface area contributed by atoms with Crippen molar-refractivity contribution in [2.45, 2.75) is 0 Å². The topological polar surface area (TPSA) is 54.0 Å². The van der Waals surface area contributed by atoms with Gasteiger partial charge in [-0.05, 0) is 0 Å². The molecular formula is C11H11ClO5. The van der Waals surface area contributed by atoms with Gasteiger partial charge in [-0.1, -0.05) is 11.6 Å². The quantitative estimate of drug-likeness (QED) is 0.829. The molecule has 0 radical (unpaired) electrons. The number of Topliss-reactive ketones (excluding diaryl/α,β-unsaturated/α-hetero) is 1. The SMILES string of the molecule is COc1c(Cl)c2c(c(OC)c1OC)C(=O)CO2. The van der Waals surface area contributed by atoms with Gasteiger partial charge in [-0.25, -0.2) is 0 Å². The second-order valence-electron chi connectivity index (χ2n) is 3.33. The van der Waals surface area contributed by atoms with Crippen molar-refractivity contribution < 1.29 is 23.7 Å². The van der Waals surface area contributed by atoms with Crippen LogP contribution in [0.4, 0.5) is 0 Å². The summed E-state index contributed by atoms with van der Waals surface area (Å²) >= 11 is 6.09. The summed E-state index contributed by atoms with van der Waals surface area (Å²) in [6.07, 6.45) is 0. The number of halogens is 1. The summed E-state index contributed by atoms with van der Waals surface area (Å²) in [6.45, 7) is -0.0538. The van der Waals surface area contributed by atoms with Gasteiger partial charge in [0, 0.05) is 0 Å². The maximum absolute atomic E-state index is 11.7. The van der Waals surface area contributed by atoms with E-state index in [9.17, 15) is 4.79 Å². The Morgan fingerprint density at radius 2 is 1.65 bits per heavy atom. The van der Waals surface area contributed by atoms with Gasteiger partial charge in [0.15, 0.2) is 23.9 Å². The molecule has 0 amide bonds. The number of benzene rings is 1. The van der Waals surface area contributed by atoms with Crippen LogP contribution in [0.25, 0.3) is 0 Å². The predicted octanol–water partition coefficient (Wildman–Crippen LogP) is 1.94. The number of fused-ring (bicyclic) bond motifs is 1. The smallest absolute Gasteiger partial charge is 0.207 e. The first-order valence-corrected chi connectivity index (χ1v) is 5.20. The Hall–Kier alpha value is -1.62. The summed E-state index contributed by atoms with van der Waals surface area (Å²) in [5.41, 5.74) is 0.301. The van der Waals surface area contributed by atoms with Crippen LogP contribution in [0.3, 0.4) is 0 Å². The van der Waals surface area contributed by atoms with Crippen molar-refractivity contribution in [3.63, 3.8) is 0 Å². The van der Waals surface area contributed by atoms with Gasteiger partial charge in [-0.15, -0.1) is 0 Å². The molecule has 0 unspecified atom stereocenters. The molecule has 0 saturated carbocycles. The summed E-state index contributed by atoms with van der Waals surface area (Å²) in [7, 11) is 4.34. The first-order valence-electron chi connectivity index (χ1n) is 4.83. The molecule has 17 heavy (non-hydrogen) atoms. The van der Waals surface area contributed by atoms with Crippen LogP contribution in [0.15, 0.2) is 0 Å². The lowest BCUT2D eigenvalue weighted by atomic mass is 10.1. The Bertz CT molecular complexity index is 483. The highest BCUT2D eigenvalue weighted by Crippen LogP contribution is 2.52. The minimum absolute atomic E-state index is 0.0538. The van der Waals surface area contributed by atoms with Crippen LogP contribution in [-0.4, -0.2) is 33.7 Å². The van der Waals surface area contributed by atoms with Gasteiger partial charge in [0.05, 0.1) is 21.3 Å². The van der Waals surface area contributed by atoms with Gasteiger partial charge < -0.3 is 18.9 Å². The third kappa shape index (κ3) is 1.58. The van der Waals surface area contributed by atoms with Crippen molar-refractivity contribution in [1.82, 2.24) is 0 Å². The minimum Gasteiger partial charge on any atom is -0.492 e. The van der Waals surface area contributed by atoms with Crippen LogP contribution in [0.2, 0.25) is 5.02 Å². The molecule has 0 aromatic heterocycles. The first kappa shape index (κ1) is 11.9. The molecule has 1 aliphatic heterocycles. The molecule has 6 heteroatoms. The zero-order valence-corrected chi connectivity index (χ0v) is 10.4. The fourth-order valence-electron chi connectivity index (χ4n) is 1.79. The maximum Gasteiger partial charge on any atom is 0.207 e. The van der Waals surface area contributed by atoms with E-state index in [0.717, 1.165) is 0 Å². The highest BCUT2D eigenvalue weighted by atomic mass is 35.5. The van der Waals surface area contributed by atoms with Crippen LogP contribution in [0, 0.1) is 0 Å². The Kier molecular flexibility index (Phi) is 3.02. The largest absolute Gasteiger partial charge is 0.492 e. The molecule has 5 nitrogen and oxygen atoms in total. The van der Waals surface area contributed by atoms with Crippen molar-refractivity contribution in [2.75, 3.05) is 27.9 Å². The van der Waals surface area contributed by atoms with E-state index in [2.05, 4.69) is 0 Å². The van der Waals surface area contributed by atoms with Crippen LogP contribution < -0.4 is 18.9 Å². The van der Waals surface area contributed by atoms with Crippen molar-refractivity contribution in [3.8, 4) is 23.0 Å². The van der Waals surface area contributed by atoms with E-state index in [1.54, 1.807) is 0 Å². The summed E-state index contributed by atoms with van der Waals surface area (Å²) < 4.78 is 20.7. The molecule has 0 N–H and O–H groups in total. The Balaban J connectivity index is 2.81. The average molecular weight is 259 g/mol. The van der Waals surface area contributed by atoms with E-state index in [1.807, 2.05) is 0 Å². The summed E-state index contributed by atoms with van der Waals surface area (Å²) in [5.74, 6) is 0.953. The number of hydrogen-bond acceptors (Lipinski definition) is 5. The minimum atomic E-state index is -0.195. The standard InChI is InChI=1S/C11H11ClO5/c1-14-9-6-5(13)4-17-8(6)7(12)10(15-2)11(9)16-3/h4H2,1-3H3. The van der Waals surface area contributed by atoms with Crippen LogP contribution in [0.1, 0.15) is 10.4 Å². The monoisotopic (exact) mass is 258 g/mol. The predicted molar refractivity (Wildman–Crippen MR) is 60.9 cm³/mol. The Morgan fingerprint density at radius 1 is 1.06 bits per heavy atom. The Morgan fingerprint density at radius 3 is 2.18 bits per heavy atom. The highest BCUT2D eigenvalue weighted by molar-refractivity contribution is 6.35. The van der Waals surface area contributed by atoms with Gasteiger partial charge >= 0.3 is 0 Å². The fourth-order valence-corrected chi connectivity index (χ4v) is 2.11. The van der Waals surface area contributed by atoms with Gasteiger partial charge in [0.1, 0.15) is 10.6 Å². The molecule has 0 fully saturated rings. The number of carbonyl (C=O) groups is 1. The zero-order valence-electron chi connectivity index (χ0n) is 9.63. The van der Waals surface area contributed by atoms with Crippen LogP contribution in [-0.2, 0) is 0 Å². The van der Waals surface area contributed by atoms with Gasteiger partial charge in [0.2, 0.25) is 11.5 Å². The first-order chi connectivity index (χ1) is 8.15. The van der Waals surface area contributed by atoms with Crippen LogP contribution in [0.5, 0.6) is 23.0 Å². The normalized spacial score (nSPS) is 13.1. The van der Waals surface area contributed by atoms with E-state index in [1.165, 1.54) is 21.3 Å². The lowest BCUT2D eigenvalue weighted by Crippen LogP contribution is -2.03. The average Bonchev–Trinajstić information content (AvgIpc) is 2.71. The van der Waals surface area contributed by atoms with E-state index in [4.69, 9.17) is 30.5 Å². The highest BCUT2D eigenvalue weighted by Gasteiger charge is 2.34. The van der Waals surface area contributed by atoms with E-state index in [-0.39, 0.29) is 34.7 Å². The van der Waals surface area contributed by atoms with Gasteiger partial charge in [0.25, 0.3) is 0 Å². The molecule has 1 aromatic rings. The number of ketones is 1. The molecule has 0 atom stereocenters. The number of carbonyl (C=O) groups excluding carboxylic acids is 1. The van der Waals surface area contributed by atoms with E-state index >= 15 is 0 Å². The number of rotatable bonds is 3. The molecule has 0 spiro atoms. The van der Waals surface area contributed by atoms with E-state index in [0.29, 0.717) is 11.3 Å². The molecule has 1 aliphatic rings. The second kappa shape index (κ2) is 4.33. The number of hydrogen-bond donors (Lipinski definition) is 0. The van der Waals surface area contributed by atoms with Crippen LogP contribution >= 0.6 is 11.6 Å². The molecule has 0 bridgehead atoms. The summed E-state index contributed by atoms with van der Waals surface area (Å²) in [5, 5.41) is 0.214. The molecule has 1 aromatic carbocycles. The van der Waals surface area contributed by atoms with Crippen molar-refractivity contribution in [1.29, 1.82) is 0 Å².